The standard InChI is InChI=1S/C22H22O8/c23-19(24)10-11-21(26)30-22(12-4-1-5-13-22)29-20(25)7-3-2-6-16-8-9-17-18(14-16)28-15-27-17/h2-3,6-11,14H,1,4-5,12-13,15H2,(H,23,24)/b6-2?,7-3?,11-10+. The lowest BCUT2D eigenvalue weighted by atomic mass is 9.94. The van der Waals surface area contributed by atoms with Crippen molar-refractivity contribution in [3.63, 3.8) is 0 Å². The van der Waals surface area contributed by atoms with Gasteiger partial charge in [0.2, 0.25) is 6.79 Å². The highest BCUT2D eigenvalue weighted by atomic mass is 16.7. The molecule has 3 rings (SSSR count). The first kappa shape index (κ1) is 21.2. The SMILES string of the molecule is O=C(O)/C=C/C(=O)OC1(OC(=O)C=CC=Cc2ccc3c(c2)OCO3)CCCCC1. The minimum atomic E-state index is -1.37. The van der Waals surface area contributed by atoms with Gasteiger partial charge in [0, 0.05) is 31.1 Å². The molecule has 0 spiro atoms. The zero-order valence-electron chi connectivity index (χ0n) is 16.2. The van der Waals surface area contributed by atoms with Crippen molar-refractivity contribution in [3.05, 3.63) is 54.1 Å². The van der Waals surface area contributed by atoms with Crippen LogP contribution in [0.25, 0.3) is 6.08 Å². The van der Waals surface area contributed by atoms with Crippen LogP contribution in [0.3, 0.4) is 0 Å². The highest BCUT2D eigenvalue weighted by Crippen LogP contribution is 2.34. The van der Waals surface area contributed by atoms with Crippen LogP contribution in [0.5, 0.6) is 11.5 Å². The van der Waals surface area contributed by atoms with Crippen LogP contribution in [-0.4, -0.2) is 35.6 Å². The minimum absolute atomic E-state index is 0.201. The first-order valence-corrected chi connectivity index (χ1v) is 9.57. The van der Waals surface area contributed by atoms with Crippen LogP contribution >= 0.6 is 0 Å². The Bertz CT molecular complexity index is 890. The van der Waals surface area contributed by atoms with Gasteiger partial charge in [-0.1, -0.05) is 30.7 Å². The lowest BCUT2D eigenvalue weighted by Crippen LogP contribution is -2.41. The molecule has 8 heteroatoms. The molecule has 2 aliphatic rings. The number of carbonyl (C=O) groups excluding carboxylic acids is 2. The Balaban J connectivity index is 1.58. The van der Waals surface area contributed by atoms with Crippen molar-refractivity contribution < 1.29 is 38.4 Å². The Morgan fingerprint density at radius 3 is 2.33 bits per heavy atom. The number of rotatable bonds is 7. The molecule has 1 aromatic carbocycles. The summed E-state index contributed by atoms with van der Waals surface area (Å²) in [5.74, 6) is -2.80. The van der Waals surface area contributed by atoms with Gasteiger partial charge in [-0.05, 0) is 30.5 Å². The Labute approximate surface area is 173 Å². The van der Waals surface area contributed by atoms with Crippen molar-refractivity contribution in [3.8, 4) is 11.5 Å². The fourth-order valence-corrected chi connectivity index (χ4v) is 3.21. The second-order valence-corrected chi connectivity index (χ2v) is 6.82. The molecule has 1 saturated carbocycles. The molecule has 0 bridgehead atoms. The van der Waals surface area contributed by atoms with Crippen LogP contribution in [0.4, 0.5) is 0 Å². The van der Waals surface area contributed by atoms with Gasteiger partial charge < -0.3 is 24.1 Å². The van der Waals surface area contributed by atoms with Crippen molar-refractivity contribution in [1.29, 1.82) is 0 Å². The van der Waals surface area contributed by atoms with E-state index in [1.807, 2.05) is 12.1 Å². The monoisotopic (exact) mass is 414 g/mol. The third kappa shape index (κ3) is 5.97. The smallest absolute Gasteiger partial charge is 0.334 e. The van der Waals surface area contributed by atoms with Crippen molar-refractivity contribution in [1.82, 2.24) is 0 Å². The van der Waals surface area contributed by atoms with E-state index in [4.69, 9.17) is 24.1 Å². The summed E-state index contributed by atoms with van der Waals surface area (Å²) in [5, 5.41) is 8.62. The highest BCUT2D eigenvalue weighted by Gasteiger charge is 2.39. The molecule has 1 fully saturated rings. The molecule has 0 atom stereocenters. The van der Waals surface area contributed by atoms with Gasteiger partial charge in [0.25, 0.3) is 5.79 Å². The van der Waals surface area contributed by atoms with Crippen molar-refractivity contribution in [2.75, 3.05) is 6.79 Å². The quantitative estimate of drug-likeness (QED) is 0.313. The van der Waals surface area contributed by atoms with Gasteiger partial charge in [-0.15, -0.1) is 0 Å². The summed E-state index contributed by atoms with van der Waals surface area (Å²) >= 11 is 0. The minimum Gasteiger partial charge on any atom is -0.478 e. The summed E-state index contributed by atoms with van der Waals surface area (Å²) in [5.41, 5.74) is 0.875. The third-order valence-electron chi connectivity index (χ3n) is 4.58. The molecule has 0 radical (unpaired) electrons. The number of fused-ring (bicyclic) bond motifs is 1. The summed E-state index contributed by atoms with van der Waals surface area (Å²) in [6.07, 6.45) is 10.9. The maximum atomic E-state index is 12.2. The zero-order chi connectivity index (χ0) is 21.4. The molecule has 1 heterocycles. The molecule has 1 aliphatic carbocycles. The molecule has 1 N–H and O–H groups in total. The first-order valence-electron chi connectivity index (χ1n) is 9.57. The number of ether oxygens (including phenoxy) is 4. The zero-order valence-corrected chi connectivity index (χ0v) is 16.2. The number of esters is 2. The molecule has 0 saturated heterocycles. The van der Waals surface area contributed by atoms with E-state index in [1.54, 1.807) is 18.2 Å². The normalized spacial score (nSPS) is 17.5. The molecule has 8 nitrogen and oxygen atoms in total. The Morgan fingerprint density at radius 1 is 0.900 bits per heavy atom. The van der Waals surface area contributed by atoms with E-state index in [-0.39, 0.29) is 6.79 Å². The van der Waals surface area contributed by atoms with Gasteiger partial charge in [0.15, 0.2) is 11.5 Å². The van der Waals surface area contributed by atoms with Gasteiger partial charge in [0.1, 0.15) is 0 Å². The van der Waals surface area contributed by atoms with Crippen LogP contribution in [0.1, 0.15) is 37.7 Å². The number of benzene rings is 1. The second kappa shape index (κ2) is 9.78. The van der Waals surface area contributed by atoms with E-state index in [2.05, 4.69) is 0 Å². The number of carboxylic acids is 1. The second-order valence-electron chi connectivity index (χ2n) is 6.82. The molecule has 0 unspecified atom stereocenters. The van der Waals surface area contributed by atoms with Crippen molar-refractivity contribution >= 4 is 24.0 Å². The summed E-state index contributed by atoms with van der Waals surface area (Å²) in [6, 6.07) is 5.49. The number of hydrogen-bond donors (Lipinski definition) is 1. The Morgan fingerprint density at radius 2 is 1.60 bits per heavy atom. The van der Waals surface area contributed by atoms with Gasteiger partial charge >= 0.3 is 17.9 Å². The first-order chi connectivity index (χ1) is 14.5. The molecular formula is C22H22O8. The van der Waals surface area contributed by atoms with Crippen LogP contribution in [0.2, 0.25) is 0 Å². The van der Waals surface area contributed by atoms with Crippen LogP contribution in [0, 0.1) is 0 Å². The average Bonchev–Trinajstić information content (AvgIpc) is 3.18. The predicted octanol–water partition coefficient (Wildman–Crippen LogP) is 3.37. The number of aliphatic carboxylic acids is 1. The largest absolute Gasteiger partial charge is 0.478 e. The Hall–Kier alpha value is -3.55. The third-order valence-corrected chi connectivity index (χ3v) is 4.58. The van der Waals surface area contributed by atoms with Gasteiger partial charge in [-0.25, -0.2) is 14.4 Å². The lowest BCUT2D eigenvalue weighted by molar-refractivity contribution is -0.232. The van der Waals surface area contributed by atoms with Crippen molar-refractivity contribution in [2.24, 2.45) is 0 Å². The average molecular weight is 414 g/mol. The fourth-order valence-electron chi connectivity index (χ4n) is 3.21. The van der Waals surface area contributed by atoms with E-state index >= 15 is 0 Å². The fraction of sp³-hybridized carbons (Fsp3) is 0.318. The van der Waals surface area contributed by atoms with E-state index < -0.39 is 23.7 Å². The van der Waals surface area contributed by atoms with E-state index in [1.165, 1.54) is 12.2 Å². The topological polar surface area (TPSA) is 108 Å². The molecule has 1 aliphatic heterocycles. The Kier molecular flexibility index (Phi) is 6.90. The van der Waals surface area contributed by atoms with Gasteiger partial charge in [0.05, 0.1) is 0 Å². The van der Waals surface area contributed by atoms with E-state index in [9.17, 15) is 14.4 Å². The number of carbonyl (C=O) groups is 3. The molecule has 158 valence electrons. The number of allylic oxidation sites excluding steroid dienone is 2. The molecule has 1 aromatic rings. The molecule has 0 aromatic heterocycles. The summed E-state index contributed by atoms with van der Waals surface area (Å²) in [4.78, 5) is 34.7. The van der Waals surface area contributed by atoms with Crippen LogP contribution in [-0.2, 0) is 23.9 Å². The maximum absolute atomic E-state index is 12.2. The predicted molar refractivity (Wildman–Crippen MR) is 106 cm³/mol. The lowest BCUT2D eigenvalue weighted by Gasteiger charge is -2.35. The molecule has 0 amide bonds. The van der Waals surface area contributed by atoms with E-state index in [0.29, 0.717) is 30.4 Å². The summed E-state index contributed by atoms with van der Waals surface area (Å²) < 4.78 is 21.3. The highest BCUT2D eigenvalue weighted by molar-refractivity contribution is 5.91. The molecule has 30 heavy (non-hydrogen) atoms. The van der Waals surface area contributed by atoms with Crippen LogP contribution < -0.4 is 9.47 Å². The number of hydrogen-bond acceptors (Lipinski definition) is 7. The van der Waals surface area contributed by atoms with Crippen molar-refractivity contribution in [2.45, 2.75) is 37.9 Å². The molecular weight excluding hydrogens is 392 g/mol. The van der Waals surface area contributed by atoms with E-state index in [0.717, 1.165) is 30.9 Å². The summed E-state index contributed by atoms with van der Waals surface area (Å²) in [7, 11) is 0. The summed E-state index contributed by atoms with van der Waals surface area (Å²) in [6.45, 7) is 0.201. The van der Waals surface area contributed by atoms with Gasteiger partial charge in [-0.3, -0.25) is 0 Å². The van der Waals surface area contributed by atoms with Gasteiger partial charge in [-0.2, -0.15) is 0 Å². The van der Waals surface area contributed by atoms with Crippen LogP contribution in [0.15, 0.2) is 48.6 Å². The maximum Gasteiger partial charge on any atom is 0.334 e. The number of carboxylic acid groups (broad SMARTS) is 1.